The van der Waals surface area contributed by atoms with Crippen molar-refractivity contribution in [1.29, 1.82) is 0 Å². The van der Waals surface area contributed by atoms with Gasteiger partial charge in [-0.25, -0.2) is 4.79 Å². The Morgan fingerprint density at radius 3 is 2.30 bits per heavy atom. The van der Waals surface area contributed by atoms with Crippen molar-refractivity contribution in [2.45, 2.75) is 51.5 Å². The maximum absolute atomic E-state index is 12.7. The van der Waals surface area contributed by atoms with Crippen molar-refractivity contribution in [1.82, 2.24) is 10.6 Å². The van der Waals surface area contributed by atoms with E-state index in [1.165, 1.54) is 0 Å². The number of para-hydroxylation sites is 1. The molecule has 0 aromatic heterocycles. The standard InChI is InChI=1S/C31H34N4O5/c1-21(34-30(37)25-16-17-27(18-25)40-26-10-6-3-7-11-26)29(36)33-19-22-12-14-24(15-13-22)28(32)35-31(38)39-20-23-8-4-2-5-9-23/h2-15,21,25,27H,16-20H2,1H3,(H,33,36)(H,34,37)(H2,32,35,38)/t21-,25+,27+/m0/s1. The highest BCUT2D eigenvalue weighted by molar-refractivity contribution is 6.02. The number of amides is 3. The van der Waals surface area contributed by atoms with Crippen LogP contribution in [0, 0.1) is 5.92 Å². The summed E-state index contributed by atoms with van der Waals surface area (Å²) in [7, 11) is 0. The minimum atomic E-state index is -0.773. The van der Waals surface area contributed by atoms with E-state index in [1.54, 1.807) is 31.2 Å². The van der Waals surface area contributed by atoms with Crippen molar-refractivity contribution < 1.29 is 23.9 Å². The van der Waals surface area contributed by atoms with Gasteiger partial charge < -0.3 is 25.8 Å². The van der Waals surface area contributed by atoms with E-state index < -0.39 is 12.1 Å². The SMILES string of the molecule is C[C@H](NC(=O)[C@@H]1CC[C@@H](Oc2ccccc2)C1)C(=O)NCc1ccc(C(N)=NC(=O)OCc2ccccc2)cc1. The van der Waals surface area contributed by atoms with Gasteiger partial charge in [0.2, 0.25) is 11.8 Å². The zero-order chi connectivity index (χ0) is 28.3. The van der Waals surface area contributed by atoms with Crippen molar-refractivity contribution in [2.24, 2.45) is 16.6 Å². The van der Waals surface area contributed by atoms with Crippen LogP contribution in [0.25, 0.3) is 0 Å². The Balaban J connectivity index is 1.18. The fourth-order valence-corrected chi connectivity index (χ4v) is 4.42. The van der Waals surface area contributed by atoms with Crippen LogP contribution in [0.15, 0.2) is 89.9 Å². The fourth-order valence-electron chi connectivity index (χ4n) is 4.42. The molecule has 0 unspecified atom stereocenters. The smallest absolute Gasteiger partial charge is 0.435 e. The van der Waals surface area contributed by atoms with Crippen LogP contribution in [-0.4, -0.2) is 35.9 Å². The number of amidine groups is 1. The Labute approximate surface area is 233 Å². The number of rotatable bonds is 10. The number of hydrogen-bond donors (Lipinski definition) is 3. The highest BCUT2D eigenvalue weighted by Gasteiger charge is 2.32. The number of hydrogen-bond acceptors (Lipinski definition) is 5. The van der Waals surface area contributed by atoms with Gasteiger partial charge in [0.1, 0.15) is 24.2 Å². The number of nitrogens with one attached hydrogen (secondary N) is 2. The summed E-state index contributed by atoms with van der Waals surface area (Å²) < 4.78 is 11.1. The van der Waals surface area contributed by atoms with Crippen molar-refractivity contribution in [2.75, 3.05) is 0 Å². The molecule has 0 heterocycles. The van der Waals surface area contributed by atoms with E-state index in [2.05, 4.69) is 15.6 Å². The second kappa shape index (κ2) is 13.9. The van der Waals surface area contributed by atoms with Gasteiger partial charge in [-0.2, -0.15) is 4.99 Å². The van der Waals surface area contributed by atoms with E-state index in [9.17, 15) is 14.4 Å². The molecule has 1 fully saturated rings. The predicted octanol–water partition coefficient (Wildman–Crippen LogP) is 4.10. The molecular weight excluding hydrogens is 508 g/mol. The lowest BCUT2D eigenvalue weighted by molar-refractivity contribution is -0.130. The number of aliphatic imine (C=N–C) groups is 1. The zero-order valence-electron chi connectivity index (χ0n) is 22.4. The van der Waals surface area contributed by atoms with Crippen molar-refractivity contribution in [3.63, 3.8) is 0 Å². The number of ether oxygens (including phenoxy) is 2. The first-order chi connectivity index (χ1) is 19.4. The van der Waals surface area contributed by atoms with Crippen LogP contribution in [0.2, 0.25) is 0 Å². The summed E-state index contributed by atoms with van der Waals surface area (Å²) in [5.41, 5.74) is 8.19. The molecule has 40 heavy (non-hydrogen) atoms. The summed E-state index contributed by atoms with van der Waals surface area (Å²) >= 11 is 0. The maximum Gasteiger partial charge on any atom is 0.435 e. The quantitative estimate of drug-likeness (QED) is 0.261. The van der Waals surface area contributed by atoms with E-state index in [-0.39, 0.29) is 42.8 Å². The number of nitrogens with zero attached hydrogens (tertiary/aromatic N) is 1. The van der Waals surface area contributed by atoms with Gasteiger partial charge in [-0.05, 0) is 49.4 Å². The zero-order valence-corrected chi connectivity index (χ0v) is 22.4. The molecular formula is C31H34N4O5. The minimum absolute atomic E-state index is 0.00993. The molecule has 3 aromatic rings. The molecule has 0 aliphatic heterocycles. The molecule has 0 bridgehead atoms. The van der Waals surface area contributed by atoms with E-state index in [1.807, 2.05) is 60.7 Å². The minimum Gasteiger partial charge on any atom is -0.490 e. The number of carbonyl (C=O) groups is 3. The lowest BCUT2D eigenvalue weighted by Crippen LogP contribution is -2.46. The first-order valence-corrected chi connectivity index (χ1v) is 13.3. The molecule has 4 rings (SSSR count). The first kappa shape index (κ1) is 28.4. The third-order valence-electron chi connectivity index (χ3n) is 6.69. The second-order valence-electron chi connectivity index (χ2n) is 9.75. The molecule has 3 amide bonds. The van der Waals surface area contributed by atoms with Crippen LogP contribution < -0.4 is 21.1 Å². The van der Waals surface area contributed by atoms with Crippen molar-refractivity contribution in [3.05, 3.63) is 102 Å². The van der Waals surface area contributed by atoms with Gasteiger partial charge in [-0.1, -0.05) is 72.8 Å². The third kappa shape index (κ3) is 8.42. The van der Waals surface area contributed by atoms with Crippen LogP contribution >= 0.6 is 0 Å². The van der Waals surface area contributed by atoms with Crippen LogP contribution in [0.1, 0.15) is 42.9 Å². The number of benzene rings is 3. The van der Waals surface area contributed by atoms with Crippen LogP contribution in [0.3, 0.4) is 0 Å². The molecule has 208 valence electrons. The van der Waals surface area contributed by atoms with Crippen LogP contribution in [0.4, 0.5) is 4.79 Å². The fraction of sp³-hybridized carbons (Fsp3) is 0.290. The maximum atomic E-state index is 12.7. The first-order valence-electron chi connectivity index (χ1n) is 13.3. The molecule has 1 aliphatic rings. The molecule has 3 atom stereocenters. The molecule has 9 heteroatoms. The molecule has 0 spiro atoms. The Kier molecular flexibility index (Phi) is 9.88. The highest BCUT2D eigenvalue weighted by Crippen LogP contribution is 2.29. The Morgan fingerprint density at radius 2 is 1.60 bits per heavy atom. The highest BCUT2D eigenvalue weighted by atomic mass is 16.5. The second-order valence-corrected chi connectivity index (χ2v) is 9.75. The Hall–Kier alpha value is -4.66. The lowest BCUT2D eigenvalue weighted by Gasteiger charge is -2.18. The molecule has 1 saturated carbocycles. The monoisotopic (exact) mass is 542 g/mol. The molecule has 3 aromatic carbocycles. The van der Waals surface area contributed by atoms with Gasteiger partial charge in [0, 0.05) is 18.0 Å². The Morgan fingerprint density at radius 1 is 0.925 bits per heavy atom. The van der Waals surface area contributed by atoms with Gasteiger partial charge in [-0.15, -0.1) is 0 Å². The summed E-state index contributed by atoms with van der Waals surface area (Å²) in [6, 6.07) is 25.2. The van der Waals surface area contributed by atoms with Crippen LogP contribution in [-0.2, 0) is 27.5 Å². The molecule has 4 N–H and O–H groups in total. The molecule has 9 nitrogen and oxygen atoms in total. The summed E-state index contributed by atoms with van der Waals surface area (Å²) in [6.45, 7) is 2.04. The molecule has 0 saturated heterocycles. The van der Waals surface area contributed by atoms with Crippen molar-refractivity contribution >= 4 is 23.7 Å². The average molecular weight is 543 g/mol. The molecule has 0 radical (unpaired) electrons. The average Bonchev–Trinajstić information content (AvgIpc) is 3.44. The van der Waals surface area contributed by atoms with Gasteiger partial charge >= 0.3 is 6.09 Å². The topological polar surface area (TPSA) is 132 Å². The van der Waals surface area contributed by atoms with Gasteiger partial charge in [0.25, 0.3) is 0 Å². The van der Waals surface area contributed by atoms with E-state index >= 15 is 0 Å². The summed E-state index contributed by atoms with van der Waals surface area (Å²) in [6.07, 6.45) is 1.36. The van der Waals surface area contributed by atoms with E-state index in [0.29, 0.717) is 12.0 Å². The summed E-state index contributed by atoms with van der Waals surface area (Å²) in [5, 5.41) is 5.66. The summed E-state index contributed by atoms with van der Waals surface area (Å²) in [5.74, 6) is 0.233. The van der Waals surface area contributed by atoms with Crippen molar-refractivity contribution in [3.8, 4) is 5.75 Å². The van der Waals surface area contributed by atoms with Gasteiger partial charge in [-0.3, -0.25) is 9.59 Å². The van der Waals surface area contributed by atoms with Gasteiger partial charge in [0.05, 0.1) is 6.10 Å². The Bertz CT molecular complexity index is 1310. The van der Waals surface area contributed by atoms with E-state index in [4.69, 9.17) is 15.2 Å². The number of nitrogens with two attached hydrogens (primary N) is 1. The normalized spacial score (nSPS) is 17.5. The predicted molar refractivity (Wildman–Crippen MR) is 151 cm³/mol. The van der Waals surface area contributed by atoms with E-state index in [0.717, 1.165) is 29.7 Å². The lowest BCUT2D eigenvalue weighted by atomic mass is 10.1. The van der Waals surface area contributed by atoms with Gasteiger partial charge in [0.15, 0.2) is 0 Å². The molecule has 1 aliphatic carbocycles. The third-order valence-corrected chi connectivity index (χ3v) is 6.69. The van der Waals surface area contributed by atoms with Crippen LogP contribution in [0.5, 0.6) is 5.75 Å². The number of carbonyl (C=O) groups excluding carboxylic acids is 3. The largest absolute Gasteiger partial charge is 0.490 e. The summed E-state index contributed by atoms with van der Waals surface area (Å²) in [4.78, 5) is 41.1.